The SMILES string of the molecule is NC1(C(=O)O)CCCCCC1C1CCCCCC1. The molecule has 0 bridgehead atoms. The van der Waals surface area contributed by atoms with E-state index in [0.29, 0.717) is 12.3 Å². The van der Waals surface area contributed by atoms with Gasteiger partial charge >= 0.3 is 5.97 Å². The summed E-state index contributed by atoms with van der Waals surface area (Å²) in [6, 6.07) is 0. The molecule has 0 saturated heterocycles. The smallest absolute Gasteiger partial charge is 0.323 e. The van der Waals surface area contributed by atoms with Gasteiger partial charge in [-0.3, -0.25) is 4.79 Å². The minimum absolute atomic E-state index is 0.204. The first-order valence-electron chi connectivity index (χ1n) is 7.67. The van der Waals surface area contributed by atoms with Crippen LogP contribution in [0.15, 0.2) is 0 Å². The van der Waals surface area contributed by atoms with Crippen molar-refractivity contribution in [3.63, 3.8) is 0 Å². The van der Waals surface area contributed by atoms with E-state index >= 15 is 0 Å². The Morgan fingerprint density at radius 3 is 2.11 bits per heavy atom. The molecule has 2 rings (SSSR count). The predicted octanol–water partition coefficient (Wildman–Crippen LogP) is 3.32. The van der Waals surface area contributed by atoms with Gasteiger partial charge in [0, 0.05) is 0 Å². The van der Waals surface area contributed by atoms with Gasteiger partial charge in [0.1, 0.15) is 5.54 Å². The molecule has 0 aromatic rings. The molecule has 2 aliphatic rings. The first-order chi connectivity index (χ1) is 8.64. The fraction of sp³-hybridized carbons (Fsp3) is 0.933. The topological polar surface area (TPSA) is 63.3 Å². The van der Waals surface area contributed by atoms with Crippen molar-refractivity contribution in [1.29, 1.82) is 0 Å². The lowest BCUT2D eigenvalue weighted by atomic mass is 9.70. The molecule has 0 heterocycles. The van der Waals surface area contributed by atoms with Gasteiger partial charge in [-0.05, 0) is 24.7 Å². The number of hydrogen-bond donors (Lipinski definition) is 2. The normalized spacial score (nSPS) is 35.7. The van der Waals surface area contributed by atoms with E-state index in [-0.39, 0.29) is 5.92 Å². The van der Waals surface area contributed by atoms with Crippen molar-refractivity contribution in [1.82, 2.24) is 0 Å². The van der Waals surface area contributed by atoms with E-state index in [1.807, 2.05) is 0 Å². The molecular weight excluding hydrogens is 226 g/mol. The highest BCUT2D eigenvalue weighted by molar-refractivity contribution is 5.79. The zero-order valence-electron chi connectivity index (χ0n) is 11.4. The minimum Gasteiger partial charge on any atom is -0.480 e. The van der Waals surface area contributed by atoms with Gasteiger partial charge in [-0.15, -0.1) is 0 Å². The van der Waals surface area contributed by atoms with Gasteiger partial charge in [0.2, 0.25) is 0 Å². The highest BCUT2D eigenvalue weighted by Crippen LogP contribution is 2.41. The Morgan fingerprint density at radius 2 is 1.50 bits per heavy atom. The Bertz CT molecular complexity index is 284. The van der Waals surface area contributed by atoms with Crippen LogP contribution in [0.1, 0.15) is 70.6 Å². The van der Waals surface area contributed by atoms with Gasteiger partial charge in [0.25, 0.3) is 0 Å². The van der Waals surface area contributed by atoms with E-state index in [1.54, 1.807) is 0 Å². The molecule has 0 spiro atoms. The molecule has 3 nitrogen and oxygen atoms in total. The molecule has 2 saturated carbocycles. The molecule has 18 heavy (non-hydrogen) atoms. The van der Waals surface area contributed by atoms with E-state index in [0.717, 1.165) is 25.7 Å². The van der Waals surface area contributed by atoms with E-state index in [2.05, 4.69) is 0 Å². The lowest BCUT2D eigenvalue weighted by Crippen LogP contribution is -2.55. The first-order valence-corrected chi connectivity index (χ1v) is 7.67. The number of carboxylic acid groups (broad SMARTS) is 1. The predicted molar refractivity (Wildman–Crippen MR) is 72.3 cm³/mol. The van der Waals surface area contributed by atoms with Crippen LogP contribution in [0.3, 0.4) is 0 Å². The molecule has 2 fully saturated rings. The maximum absolute atomic E-state index is 11.6. The van der Waals surface area contributed by atoms with Crippen LogP contribution in [0, 0.1) is 11.8 Å². The average Bonchev–Trinajstić information content (AvgIpc) is 2.70. The van der Waals surface area contributed by atoms with Crippen molar-refractivity contribution in [3.8, 4) is 0 Å². The molecule has 2 aliphatic carbocycles. The second-order valence-corrected chi connectivity index (χ2v) is 6.30. The fourth-order valence-electron chi connectivity index (χ4n) is 4.04. The maximum Gasteiger partial charge on any atom is 0.323 e. The van der Waals surface area contributed by atoms with Crippen LogP contribution in [-0.2, 0) is 4.79 Å². The zero-order chi connectivity index (χ0) is 13.0. The lowest BCUT2D eigenvalue weighted by molar-refractivity contribution is -0.147. The highest BCUT2D eigenvalue weighted by atomic mass is 16.4. The Kier molecular flexibility index (Phi) is 4.66. The van der Waals surface area contributed by atoms with Gasteiger partial charge in [0.15, 0.2) is 0 Å². The van der Waals surface area contributed by atoms with E-state index < -0.39 is 11.5 Å². The summed E-state index contributed by atoms with van der Waals surface area (Å²) in [6.45, 7) is 0. The lowest BCUT2D eigenvalue weighted by Gasteiger charge is -2.37. The summed E-state index contributed by atoms with van der Waals surface area (Å²) < 4.78 is 0. The van der Waals surface area contributed by atoms with Crippen LogP contribution in [0.4, 0.5) is 0 Å². The quantitative estimate of drug-likeness (QED) is 0.742. The molecule has 3 heteroatoms. The third kappa shape index (κ3) is 2.87. The molecule has 0 aliphatic heterocycles. The summed E-state index contributed by atoms with van der Waals surface area (Å²) >= 11 is 0. The Morgan fingerprint density at radius 1 is 0.944 bits per heavy atom. The van der Waals surface area contributed by atoms with Crippen LogP contribution in [0.5, 0.6) is 0 Å². The minimum atomic E-state index is -0.953. The van der Waals surface area contributed by atoms with Crippen LogP contribution < -0.4 is 5.73 Å². The van der Waals surface area contributed by atoms with E-state index in [1.165, 1.54) is 38.5 Å². The number of hydrogen-bond acceptors (Lipinski definition) is 2. The molecule has 0 aromatic carbocycles. The van der Waals surface area contributed by atoms with Gasteiger partial charge in [-0.25, -0.2) is 0 Å². The molecule has 3 N–H and O–H groups in total. The van der Waals surface area contributed by atoms with Crippen molar-refractivity contribution >= 4 is 5.97 Å². The summed E-state index contributed by atoms with van der Waals surface area (Å²) in [4.78, 5) is 11.6. The molecule has 2 unspecified atom stereocenters. The average molecular weight is 253 g/mol. The molecular formula is C15H27NO2. The van der Waals surface area contributed by atoms with Crippen LogP contribution in [0.25, 0.3) is 0 Å². The summed E-state index contributed by atoms with van der Waals surface area (Å²) in [5, 5.41) is 9.57. The Balaban J connectivity index is 2.16. The van der Waals surface area contributed by atoms with Crippen molar-refractivity contribution in [2.75, 3.05) is 0 Å². The molecule has 104 valence electrons. The van der Waals surface area contributed by atoms with Crippen molar-refractivity contribution in [2.45, 2.75) is 76.2 Å². The summed E-state index contributed by atoms with van der Waals surface area (Å²) in [5.74, 6) is -0.0130. The molecule has 0 aromatic heterocycles. The van der Waals surface area contributed by atoms with E-state index in [4.69, 9.17) is 5.73 Å². The first kappa shape index (κ1) is 13.9. The largest absolute Gasteiger partial charge is 0.480 e. The standard InChI is InChI=1S/C15H27NO2/c16-15(14(17)18)11-7-3-6-10-13(15)12-8-4-1-2-5-9-12/h12-13H,1-11,16H2,(H,17,18). The molecule has 0 amide bonds. The van der Waals surface area contributed by atoms with E-state index in [9.17, 15) is 9.90 Å². The van der Waals surface area contributed by atoms with Gasteiger partial charge in [-0.1, -0.05) is 57.8 Å². The van der Waals surface area contributed by atoms with Crippen molar-refractivity contribution in [2.24, 2.45) is 17.6 Å². The second-order valence-electron chi connectivity index (χ2n) is 6.30. The third-order valence-electron chi connectivity index (χ3n) is 5.13. The van der Waals surface area contributed by atoms with Gasteiger partial charge < -0.3 is 10.8 Å². The fourth-order valence-corrected chi connectivity index (χ4v) is 4.04. The summed E-state index contributed by atoms with van der Waals surface area (Å²) in [5.41, 5.74) is 5.38. The van der Waals surface area contributed by atoms with Crippen LogP contribution >= 0.6 is 0 Å². The summed E-state index contributed by atoms with van der Waals surface area (Å²) in [6.07, 6.45) is 12.5. The number of carboxylic acids is 1. The third-order valence-corrected chi connectivity index (χ3v) is 5.13. The Hall–Kier alpha value is -0.570. The van der Waals surface area contributed by atoms with Gasteiger partial charge in [-0.2, -0.15) is 0 Å². The maximum atomic E-state index is 11.6. The van der Waals surface area contributed by atoms with Crippen LogP contribution in [-0.4, -0.2) is 16.6 Å². The molecule has 2 atom stereocenters. The van der Waals surface area contributed by atoms with Crippen molar-refractivity contribution in [3.05, 3.63) is 0 Å². The highest BCUT2D eigenvalue weighted by Gasteiger charge is 2.45. The number of nitrogens with two attached hydrogens (primary N) is 1. The number of carbonyl (C=O) groups is 1. The second kappa shape index (κ2) is 6.05. The Labute approximate surface area is 110 Å². The number of aliphatic carboxylic acids is 1. The van der Waals surface area contributed by atoms with Crippen LogP contribution in [0.2, 0.25) is 0 Å². The number of rotatable bonds is 2. The zero-order valence-corrected chi connectivity index (χ0v) is 11.4. The van der Waals surface area contributed by atoms with Crippen molar-refractivity contribution < 1.29 is 9.90 Å². The summed E-state index contributed by atoms with van der Waals surface area (Å²) in [7, 11) is 0. The molecule has 0 radical (unpaired) electrons. The monoisotopic (exact) mass is 253 g/mol. The van der Waals surface area contributed by atoms with Gasteiger partial charge in [0.05, 0.1) is 0 Å².